The first kappa shape index (κ1) is 23.2. The van der Waals surface area contributed by atoms with Gasteiger partial charge < -0.3 is 14.5 Å². The molecule has 1 fully saturated rings. The molecule has 1 saturated heterocycles. The molecule has 186 valence electrons. The number of carbonyl (C=O) groups excluding carboxylic acids is 1. The third-order valence-electron chi connectivity index (χ3n) is 7.44. The van der Waals surface area contributed by atoms with Crippen molar-refractivity contribution in [3.05, 3.63) is 58.9 Å². The number of amides is 1. The topological polar surface area (TPSA) is 67.5 Å². The SMILES string of the molecule is C[C@@H]1CC(c2nc3c(ccc4cc5c(cc43)OCc3cc(Cl)ccc3-5)[nH]2)N(C(=O)OC(C)(C)C)[C@@H]1C. The van der Waals surface area contributed by atoms with Crippen LogP contribution in [-0.2, 0) is 11.3 Å². The van der Waals surface area contributed by atoms with Crippen molar-refractivity contribution >= 4 is 39.5 Å². The normalized spacial score (nSPS) is 21.4. The summed E-state index contributed by atoms with van der Waals surface area (Å²) in [5, 5.41) is 2.82. The van der Waals surface area contributed by atoms with Crippen LogP contribution < -0.4 is 4.74 Å². The maximum atomic E-state index is 13.1. The Balaban J connectivity index is 1.43. The van der Waals surface area contributed by atoms with Crippen LogP contribution >= 0.6 is 11.6 Å². The van der Waals surface area contributed by atoms with E-state index in [2.05, 4.69) is 49.2 Å². The number of fused-ring (bicyclic) bond motifs is 6. The van der Waals surface area contributed by atoms with Crippen LogP contribution in [0.5, 0.6) is 5.75 Å². The van der Waals surface area contributed by atoms with Gasteiger partial charge in [0.1, 0.15) is 23.8 Å². The molecule has 3 atom stereocenters. The fraction of sp³-hybridized carbons (Fsp3) is 0.379. The number of carbonyl (C=O) groups is 1. The second kappa shape index (κ2) is 8.13. The van der Waals surface area contributed by atoms with E-state index >= 15 is 0 Å². The van der Waals surface area contributed by atoms with Gasteiger partial charge >= 0.3 is 6.09 Å². The van der Waals surface area contributed by atoms with Crippen molar-refractivity contribution in [2.45, 2.75) is 65.3 Å². The van der Waals surface area contributed by atoms with E-state index in [0.717, 1.165) is 56.5 Å². The van der Waals surface area contributed by atoms with Crippen LogP contribution in [0.3, 0.4) is 0 Å². The lowest BCUT2D eigenvalue weighted by Gasteiger charge is -2.31. The summed E-state index contributed by atoms with van der Waals surface area (Å²) in [6.45, 7) is 10.4. The minimum Gasteiger partial charge on any atom is -0.488 e. The molecule has 3 heterocycles. The van der Waals surface area contributed by atoms with E-state index in [1.165, 1.54) is 0 Å². The van der Waals surface area contributed by atoms with E-state index in [9.17, 15) is 4.79 Å². The Labute approximate surface area is 215 Å². The molecule has 0 bridgehead atoms. The van der Waals surface area contributed by atoms with Gasteiger partial charge in [0.25, 0.3) is 0 Å². The Morgan fingerprint density at radius 3 is 2.72 bits per heavy atom. The van der Waals surface area contributed by atoms with Crippen LogP contribution in [0.25, 0.3) is 32.9 Å². The standard InChI is InChI=1S/C29H30ClN3O3/c1-15-10-24(33(16(15)2)28(34)36-29(3,4)5)27-31-23-9-6-17-12-22-20-8-7-19(30)11-18(20)14-35-25(22)13-21(17)26(23)32-27/h6-9,11-13,15-16,24H,10,14H2,1-5H3,(H,31,32)/t15-,16-,24?/m1/s1. The average Bonchev–Trinajstić information content (AvgIpc) is 3.37. The Morgan fingerprint density at radius 1 is 1.14 bits per heavy atom. The van der Waals surface area contributed by atoms with Gasteiger partial charge in [-0.25, -0.2) is 9.78 Å². The fourth-order valence-electron chi connectivity index (χ4n) is 5.50. The van der Waals surface area contributed by atoms with Crippen LogP contribution in [0.1, 0.15) is 58.5 Å². The van der Waals surface area contributed by atoms with Crippen LogP contribution in [0.15, 0.2) is 42.5 Å². The third kappa shape index (κ3) is 3.79. The second-order valence-electron chi connectivity index (χ2n) is 11.1. The van der Waals surface area contributed by atoms with Gasteiger partial charge in [-0.2, -0.15) is 0 Å². The molecule has 36 heavy (non-hydrogen) atoms. The van der Waals surface area contributed by atoms with Crippen LogP contribution in [0, 0.1) is 5.92 Å². The maximum Gasteiger partial charge on any atom is 0.411 e. The highest BCUT2D eigenvalue weighted by Gasteiger charge is 2.43. The molecule has 1 amide bonds. The molecule has 3 aromatic carbocycles. The molecule has 0 radical (unpaired) electrons. The molecule has 1 N–H and O–H groups in total. The molecule has 2 aliphatic rings. The molecule has 6 rings (SSSR count). The summed E-state index contributed by atoms with van der Waals surface area (Å²) in [5.41, 5.74) is 4.56. The summed E-state index contributed by atoms with van der Waals surface area (Å²) < 4.78 is 11.9. The highest BCUT2D eigenvalue weighted by molar-refractivity contribution is 6.30. The number of hydrogen-bond donors (Lipinski definition) is 1. The average molecular weight is 504 g/mol. The molecule has 6 nitrogen and oxygen atoms in total. The zero-order valence-electron chi connectivity index (χ0n) is 21.2. The molecule has 1 aromatic heterocycles. The molecular formula is C29H30ClN3O3. The first-order valence-corrected chi connectivity index (χ1v) is 12.9. The maximum absolute atomic E-state index is 13.1. The van der Waals surface area contributed by atoms with E-state index in [-0.39, 0.29) is 18.2 Å². The quantitative estimate of drug-likeness (QED) is 0.290. The monoisotopic (exact) mass is 503 g/mol. The van der Waals surface area contributed by atoms with Gasteiger partial charge in [0.15, 0.2) is 0 Å². The van der Waals surface area contributed by atoms with Gasteiger partial charge in [0, 0.05) is 22.0 Å². The van der Waals surface area contributed by atoms with Crippen LogP contribution in [0.2, 0.25) is 5.02 Å². The zero-order valence-corrected chi connectivity index (χ0v) is 21.9. The van der Waals surface area contributed by atoms with E-state index in [1.807, 2.05) is 37.8 Å². The first-order valence-electron chi connectivity index (χ1n) is 12.5. The number of nitrogens with one attached hydrogen (secondary N) is 1. The molecule has 7 heteroatoms. The molecular weight excluding hydrogens is 474 g/mol. The largest absolute Gasteiger partial charge is 0.488 e. The lowest BCUT2D eigenvalue weighted by molar-refractivity contribution is 0.0140. The number of nitrogens with zero attached hydrogens (tertiary/aromatic N) is 2. The number of aromatic nitrogens is 2. The minimum absolute atomic E-state index is 0.0591. The predicted octanol–water partition coefficient (Wildman–Crippen LogP) is 7.64. The van der Waals surface area contributed by atoms with Crippen molar-refractivity contribution < 1.29 is 14.3 Å². The van der Waals surface area contributed by atoms with Crippen molar-refractivity contribution in [1.29, 1.82) is 0 Å². The number of hydrogen-bond acceptors (Lipinski definition) is 4. The number of halogens is 1. The Morgan fingerprint density at radius 2 is 1.94 bits per heavy atom. The predicted molar refractivity (Wildman–Crippen MR) is 142 cm³/mol. The lowest BCUT2D eigenvalue weighted by Crippen LogP contribution is -2.41. The number of ether oxygens (including phenoxy) is 2. The number of rotatable bonds is 1. The smallest absolute Gasteiger partial charge is 0.411 e. The molecule has 0 aliphatic carbocycles. The number of H-pyrrole nitrogens is 1. The summed E-state index contributed by atoms with van der Waals surface area (Å²) in [4.78, 5) is 23.5. The molecule has 4 aromatic rings. The third-order valence-corrected chi connectivity index (χ3v) is 7.68. The zero-order chi connectivity index (χ0) is 25.4. The van der Waals surface area contributed by atoms with Crippen molar-refractivity contribution in [2.24, 2.45) is 5.92 Å². The summed E-state index contributed by atoms with van der Waals surface area (Å²) in [5.74, 6) is 1.97. The van der Waals surface area contributed by atoms with Crippen molar-refractivity contribution in [1.82, 2.24) is 14.9 Å². The molecule has 0 spiro atoms. The number of aromatic amines is 1. The Kier molecular flexibility index (Phi) is 5.23. The highest BCUT2D eigenvalue weighted by atomic mass is 35.5. The van der Waals surface area contributed by atoms with E-state index in [4.69, 9.17) is 26.1 Å². The van der Waals surface area contributed by atoms with Crippen molar-refractivity contribution in [3.63, 3.8) is 0 Å². The van der Waals surface area contributed by atoms with Gasteiger partial charge in [-0.1, -0.05) is 30.7 Å². The van der Waals surface area contributed by atoms with Crippen molar-refractivity contribution in [3.8, 4) is 16.9 Å². The van der Waals surface area contributed by atoms with E-state index in [0.29, 0.717) is 17.5 Å². The molecule has 0 saturated carbocycles. The van der Waals surface area contributed by atoms with Gasteiger partial charge in [0.05, 0.1) is 17.1 Å². The summed E-state index contributed by atoms with van der Waals surface area (Å²) in [6, 6.07) is 14.3. The molecule has 2 aliphatic heterocycles. The first-order chi connectivity index (χ1) is 17.1. The van der Waals surface area contributed by atoms with Crippen LogP contribution in [-0.4, -0.2) is 32.6 Å². The Bertz CT molecular complexity index is 1520. The van der Waals surface area contributed by atoms with Crippen LogP contribution in [0.4, 0.5) is 4.79 Å². The van der Waals surface area contributed by atoms with E-state index in [1.54, 1.807) is 0 Å². The summed E-state index contributed by atoms with van der Waals surface area (Å²) in [6.07, 6.45) is 0.534. The van der Waals surface area contributed by atoms with Gasteiger partial charge in [-0.3, -0.25) is 4.90 Å². The second-order valence-corrected chi connectivity index (χ2v) is 11.5. The minimum atomic E-state index is -0.555. The van der Waals surface area contributed by atoms with Gasteiger partial charge in [-0.15, -0.1) is 0 Å². The lowest BCUT2D eigenvalue weighted by atomic mass is 9.94. The summed E-state index contributed by atoms with van der Waals surface area (Å²) >= 11 is 6.20. The highest BCUT2D eigenvalue weighted by Crippen LogP contribution is 2.44. The summed E-state index contributed by atoms with van der Waals surface area (Å²) in [7, 11) is 0. The van der Waals surface area contributed by atoms with Crippen molar-refractivity contribution in [2.75, 3.05) is 0 Å². The van der Waals surface area contributed by atoms with E-state index < -0.39 is 5.60 Å². The van der Waals surface area contributed by atoms with Gasteiger partial charge in [0.2, 0.25) is 0 Å². The number of benzene rings is 3. The number of likely N-dealkylation sites (tertiary alicyclic amines) is 1. The fourth-order valence-corrected chi connectivity index (χ4v) is 5.70. The van der Waals surface area contributed by atoms with Gasteiger partial charge in [-0.05, 0) is 86.9 Å². The Hall–Kier alpha value is -3.25. The molecule has 1 unspecified atom stereocenters. The number of imidazole rings is 1.